The number of aryl methyl sites for hydroxylation is 1. The molecule has 0 bridgehead atoms. The van der Waals surface area contributed by atoms with Crippen molar-refractivity contribution in [2.24, 2.45) is 0 Å². The van der Waals surface area contributed by atoms with E-state index >= 15 is 0 Å². The van der Waals surface area contributed by atoms with Gasteiger partial charge in [0.05, 0.1) is 10.6 Å². The number of nitrogens with zero attached hydrogens (tertiary/aromatic N) is 2. The molecule has 6 nitrogen and oxygen atoms in total. The van der Waals surface area contributed by atoms with Crippen LogP contribution in [0.2, 0.25) is 10.0 Å². The van der Waals surface area contributed by atoms with Gasteiger partial charge in [-0.2, -0.15) is 0 Å². The molecule has 1 saturated heterocycles. The zero-order valence-corrected chi connectivity index (χ0v) is 23.1. The highest BCUT2D eigenvalue weighted by Crippen LogP contribution is 2.29. The maximum Gasteiger partial charge on any atom is 0.264 e. The Balaban J connectivity index is 1.45. The van der Waals surface area contributed by atoms with Gasteiger partial charge in [-0.25, -0.2) is 8.42 Å². The summed E-state index contributed by atoms with van der Waals surface area (Å²) in [6.45, 7) is 4.95. The molecule has 1 aliphatic heterocycles. The fourth-order valence-corrected chi connectivity index (χ4v) is 6.28. The number of carbonyl (C=O) groups excluding carboxylic acids is 1. The molecule has 1 amide bonds. The lowest BCUT2D eigenvalue weighted by Crippen LogP contribution is -2.40. The van der Waals surface area contributed by atoms with Crippen LogP contribution in [0, 0.1) is 6.92 Å². The molecule has 0 saturated carbocycles. The fraction of sp³-hybridized carbons (Fsp3) is 0.321. The number of benzene rings is 3. The van der Waals surface area contributed by atoms with Crippen molar-refractivity contribution in [2.45, 2.75) is 44.2 Å². The molecular weight excluding hydrogens is 529 g/mol. The smallest absolute Gasteiger partial charge is 0.264 e. The molecule has 9 heteroatoms. The number of carbonyl (C=O) groups is 1. The molecule has 1 aliphatic rings. The van der Waals surface area contributed by atoms with Crippen LogP contribution in [0.4, 0.5) is 5.69 Å². The van der Waals surface area contributed by atoms with Crippen LogP contribution in [-0.4, -0.2) is 38.9 Å². The molecule has 0 unspecified atom stereocenters. The molecule has 0 spiro atoms. The van der Waals surface area contributed by atoms with Crippen molar-refractivity contribution in [3.8, 4) is 0 Å². The first-order valence-electron chi connectivity index (χ1n) is 12.3. The van der Waals surface area contributed by atoms with Crippen LogP contribution < -0.4 is 9.62 Å². The largest absolute Gasteiger partial charge is 0.350 e. The van der Waals surface area contributed by atoms with Crippen LogP contribution in [0.1, 0.15) is 36.0 Å². The van der Waals surface area contributed by atoms with Gasteiger partial charge in [-0.1, -0.05) is 71.6 Å². The van der Waals surface area contributed by atoms with Gasteiger partial charge in [-0.05, 0) is 74.3 Å². The van der Waals surface area contributed by atoms with Crippen molar-refractivity contribution in [2.75, 3.05) is 23.9 Å². The first-order valence-corrected chi connectivity index (χ1v) is 14.5. The molecule has 196 valence electrons. The Kier molecular flexibility index (Phi) is 9.13. The van der Waals surface area contributed by atoms with E-state index in [0.29, 0.717) is 0 Å². The van der Waals surface area contributed by atoms with Crippen molar-refractivity contribution in [3.05, 3.63) is 93.5 Å². The average molecular weight is 561 g/mol. The summed E-state index contributed by atoms with van der Waals surface area (Å²) in [6, 6.07) is 19.1. The maximum atomic E-state index is 13.5. The second-order valence-electron chi connectivity index (χ2n) is 9.38. The summed E-state index contributed by atoms with van der Waals surface area (Å²) in [7, 11) is -4.05. The van der Waals surface area contributed by atoms with Crippen LogP contribution in [0.3, 0.4) is 0 Å². The van der Waals surface area contributed by atoms with Gasteiger partial charge in [0.1, 0.15) is 6.54 Å². The highest BCUT2D eigenvalue weighted by Gasteiger charge is 2.27. The Morgan fingerprint density at radius 1 is 0.892 bits per heavy atom. The standard InChI is InChI=1S/C28H31Cl2N3O3S/c1-21-5-11-27(12-6-21)37(35,36)33(26-16-24(29)15-25(30)17-26)20-28(34)31-18-22-7-9-23(10-8-22)19-32-13-3-2-4-14-32/h5-12,15-17H,2-4,13-14,18-20H2,1H3,(H,31,34). The maximum absolute atomic E-state index is 13.5. The quantitative estimate of drug-likeness (QED) is 0.359. The lowest BCUT2D eigenvalue weighted by molar-refractivity contribution is -0.119. The minimum absolute atomic E-state index is 0.0753. The SMILES string of the molecule is Cc1ccc(S(=O)(=O)N(CC(=O)NCc2ccc(CN3CCCCC3)cc2)c2cc(Cl)cc(Cl)c2)cc1. The molecule has 3 aromatic rings. The van der Waals surface area contributed by atoms with Crippen LogP contribution in [0.25, 0.3) is 0 Å². The van der Waals surface area contributed by atoms with Crippen LogP contribution in [-0.2, 0) is 27.9 Å². The molecule has 37 heavy (non-hydrogen) atoms. The first-order chi connectivity index (χ1) is 17.7. The number of likely N-dealkylation sites (tertiary alicyclic amines) is 1. The van der Waals surface area contributed by atoms with Gasteiger partial charge < -0.3 is 5.32 Å². The van der Waals surface area contributed by atoms with E-state index < -0.39 is 22.5 Å². The van der Waals surface area contributed by atoms with Crippen molar-refractivity contribution < 1.29 is 13.2 Å². The molecule has 0 aliphatic carbocycles. The highest BCUT2D eigenvalue weighted by atomic mass is 35.5. The minimum atomic E-state index is -4.05. The molecule has 1 N–H and O–H groups in total. The number of halogens is 2. The molecule has 1 heterocycles. The number of amides is 1. The summed E-state index contributed by atoms with van der Waals surface area (Å²) in [5.74, 6) is -0.441. The average Bonchev–Trinajstić information content (AvgIpc) is 2.87. The topological polar surface area (TPSA) is 69.7 Å². The van der Waals surface area contributed by atoms with Crippen molar-refractivity contribution >= 4 is 44.8 Å². The number of hydrogen-bond acceptors (Lipinski definition) is 4. The van der Waals surface area contributed by atoms with E-state index in [-0.39, 0.29) is 27.2 Å². The first kappa shape index (κ1) is 27.5. The second kappa shape index (κ2) is 12.3. The lowest BCUT2D eigenvalue weighted by Gasteiger charge is -2.26. The predicted octanol–water partition coefficient (Wildman–Crippen LogP) is 5.80. The Morgan fingerprint density at radius 2 is 1.49 bits per heavy atom. The van der Waals surface area contributed by atoms with Crippen molar-refractivity contribution in [3.63, 3.8) is 0 Å². The molecule has 0 radical (unpaired) electrons. The van der Waals surface area contributed by atoms with E-state index in [1.165, 1.54) is 55.2 Å². The van der Waals surface area contributed by atoms with Crippen molar-refractivity contribution in [1.82, 2.24) is 10.2 Å². The predicted molar refractivity (Wildman–Crippen MR) is 150 cm³/mol. The third kappa shape index (κ3) is 7.48. The van der Waals surface area contributed by atoms with E-state index in [2.05, 4.69) is 22.3 Å². The highest BCUT2D eigenvalue weighted by molar-refractivity contribution is 7.92. The molecular formula is C28H31Cl2N3O3S. The van der Waals surface area contributed by atoms with E-state index in [9.17, 15) is 13.2 Å². The van der Waals surface area contributed by atoms with E-state index in [1.54, 1.807) is 12.1 Å². The number of anilines is 1. The Labute approximate surface area is 229 Å². The number of hydrogen-bond donors (Lipinski definition) is 1. The van der Waals surface area contributed by atoms with E-state index in [1.807, 2.05) is 19.1 Å². The van der Waals surface area contributed by atoms with Crippen LogP contribution >= 0.6 is 23.2 Å². The normalized spacial score (nSPS) is 14.4. The van der Waals surface area contributed by atoms with Gasteiger partial charge in [0.25, 0.3) is 10.0 Å². The summed E-state index contributed by atoms with van der Waals surface area (Å²) in [4.78, 5) is 15.5. The number of piperidine rings is 1. The Bertz CT molecular complexity index is 1300. The Hall–Kier alpha value is -2.58. The van der Waals surface area contributed by atoms with Gasteiger partial charge in [-0.15, -0.1) is 0 Å². The van der Waals surface area contributed by atoms with Gasteiger partial charge >= 0.3 is 0 Å². The number of sulfonamides is 1. The zero-order valence-electron chi connectivity index (χ0n) is 20.8. The summed E-state index contributed by atoms with van der Waals surface area (Å²) in [6.07, 6.45) is 3.81. The molecule has 3 aromatic carbocycles. The second-order valence-corrected chi connectivity index (χ2v) is 12.1. The minimum Gasteiger partial charge on any atom is -0.350 e. The van der Waals surface area contributed by atoms with Gasteiger partial charge in [0, 0.05) is 23.1 Å². The monoisotopic (exact) mass is 559 g/mol. The van der Waals surface area contributed by atoms with E-state index in [4.69, 9.17) is 23.2 Å². The summed E-state index contributed by atoms with van der Waals surface area (Å²) in [5, 5.41) is 3.39. The van der Waals surface area contributed by atoms with Gasteiger partial charge in [0.2, 0.25) is 5.91 Å². The molecule has 1 fully saturated rings. The summed E-state index contributed by atoms with van der Waals surface area (Å²) < 4.78 is 28.1. The fourth-order valence-electron chi connectivity index (χ4n) is 4.36. The number of nitrogens with one attached hydrogen (secondary N) is 1. The number of rotatable bonds is 9. The molecule has 4 rings (SSSR count). The Morgan fingerprint density at radius 3 is 2.11 bits per heavy atom. The van der Waals surface area contributed by atoms with Crippen LogP contribution in [0.5, 0.6) is 0 Å². The van der Waals surface area contributed by atoms with E-state index in [0.717, 1.165) is 35.1 Å². The van der Waals surface area contributed by atoms with Crippen molar-refractivity contribution in [1.29, 1.82) is 0 Å². The van der Waals surface area contributed by atoms with Crippen LogP contribution in [0.15, 0.2) is 71.6 Å². The summed E-state index contributed by atoms with van der Waals surface area (Å²) in [5.41, 5.74) is 3.32. The summed E-state index contributed by atoms with van der Waals surface area (Å²) >= 11 is 12.3. The lowest BCUT2D eigenvalue weighted by atomic mass is 10.1. The molecule has 0 aromatic heterocycles. The zero-order chi connectivity index (χ0) is 26.4. The molecule has 0 atom stereocenters. The third-order valence-corrected chi connectivity index (χ3v) is 8.62. The third-order valence-electron chi connectivity index (χ3n) is 6.40. The van der Waals surface area contributed by atoms with Gasteiger partial charge in [-0.3, -0.25) is 14.0 Å². The van der Waals surface area contributed by atoms with Gasteiger partial charge in [0.15, 0.2) is 0 Å².